The quantitative estimate of drug-likeness (QED) is 0.931. The second-order valence-electron chi connectivity index (χ2n) is 7.02. The summed E-state index contributed by atoms with van der Waals surface area (Å²) in [5, 5.41) is 3.05. The van der Waals surface area contributed by atoms with E-state index in [-0.39, 0.29) is 23.3 Å². The van der Waals surface area contributed by atoms with E-state index in [4.69, 9.17) is 4.74 Å². The van der Waals surface area contributed by atoms with E-state index in [1.165, 1.54) is 0 Å². The predicted molar refractivity (Wildman–Crippen MR) is 89.5 cm³/mol. The Bertz CT molecular complexity index is 570. The number of piperidine rings is 1. The minimum atomic E-state index is -0.351. The van der Waals surface area contributed by atoms with Crippen LogP contribution in [0.25, 0.3) is 0 Å². The van der Waals surface area contributed by atoms with Gasteiger partial charge in [0.25, 0.3) is 5.91 Å². The summed E-state index contributed by atoms with van der Waals surface area (Å²) in [4.78, 5) is 26.5. The maximum absolute atomic E-state index is 12.3. The number of carbonyl (C=O) groups excluding carboxylic acids is 2. The molecule has 0 aliphatic carbocycles. The van der Waals surface area contributed by atoms with Gasteiger partial charge in [-0.1, -0.05) is 26.8 Å². The fraction of sp³-hybridized carbons (Fsp3) is 0.556. The Morgan fingerprint density at radius 3 is 2.43 bits per heavy atom. The molecule has 0 bridgehead atoms. The number of methoxy groups -OCH3 is 1. The lowest BCUT2D eigenvalue weighted by Crippen LogP contribution is -2.49. The number of benzene rings is 1. The number of nitrogens with zero attached hydrogens (tertiary/aromatic N) is 1. The van der Waals surface area contributed by atoms with Gasteiger partial charge in [-0.3, -0.25) is 9.59 Å². The molecule has 0 unspecified atom stereocenters. The largest absolute Gasteiger partial charge is 0.497 e. The van der Waals surface area contributed by atoms with Gasteiger partial charge in [-0.05, 0) is 31.0 Å². The van der Waals surface area contributed by atoms with Gasteiger partial charge in [-0.25, -0.2) is 0 Å². The normalized spacial score (nSPS) is 16.1. The topological polar surface area (TPSA) is 58.6 Å². The van der Waals surface area contributed by atoms with Crippen molar-refractivity contribution in [2.24, 2.45) is 5.41 Å². The predicted octanol–water partition coefficient (Wildman–Crippen LogP) is 2.46. The molecule has 1 fully saturated rings. The first-order valence-corrected chi connectivity index (χ1v) is 8.05. The van der Waals surface area contributed by atoms with E-state index in [1.807, 2.05) is 31.7 Å². The Balaban J connectivity index is 1.89. The van der Waals surface area contributed by atoms with Crippen LogP contribution in [0.4, 0.5) is 0 Å². The van der Waals surface area contributed by atoms with E-state index in [9.17, 15) is 9.59 Å². The number of likely N-dealkylation sites (tertiary alicyclic amines) is 1. The van der Waals surface area contributed by atoms with Crippen LogP contribution in [0, 0.1) is 5.41 Å². The molecule has 23 heavy (non-hydrogen) atoms. The third-order valence-electron chi connectivity index (χ3n) is 4.09. The fourth-order valence-electron chi connectivity index (χ4n) is 2.73. The first-order valence-electron chi connectivity index (χ1n) is 8.05. The van der Waals surface area contributed by atoms with Crippen molar-refractivity contribution >= 4 is 11.8 Å². The van der Waals surface area contributed by atoms with Crippen molar-refractivity contribution in [3.8, 4) is 5.75 Å². The molecule has 1 heterocycles. The van der Waals surface area contributed by atoms with Crippen LogP contribution in [0.3, 0.4) is 0 Å². The SMILES string of the molecule is COc1cccc(C(=O)NC2CCN(C(=O)C(C)(C)C)CC2)c1. The summed E-state index contributed by atoms with van der Waals surface area (Å²) in [5.41, 5.74) is 0.244. The molecule has 126 valence electrons. The molecule has 1 N–H and O–H groups in total. The summed E-state index contributed by atoms with van der Waals surface area (Å²) in [5.74, 6) is 0.753. The zero-order chi connectivity index (χ0) is 17.0. The average molecular weight is 318 g/mol. The van der Waals surface area contributed by atoms with Crippen LogP contribution >= 0.6 is 0 Å². The van der Waals surface area contributed by atoms with Crippen LogP contribution in [-0.4, -0.2) is 43.0 Å². The maximum Gasteiger partial charge on any atom is 0.251 e. The molecule has 0 spiro atoms. The van der Waals surface area contributed by atoms with Crippen LogP contribution in [0.1, 0.15) is 44.0 Å². The van der Waals surface area contributed by atoms with Crippen molar-refractivity contribution in [2.75, 3.05) is 20.2 Å². The second-order valence-corrected chi connectivity index (χ2v) is 7.02. The lowest BCUT2D eigenvalue weighted by Gasteiger charge is -2.36. The van der Waals surface area contributed by atoms with Crippen LogP contribution in [0.15, 0.2) is 24.3 Å². The standard InChI is InChI=1S/C18H26N2O3/c1-18(2,3)17(22)20-10-8-14(9-11-20)19-16(21)13-6-5-7-15(12-13)23-4/h5-7,12,14H,8-11H2,1-4H3,(H,19,21). The van der Waals surface area contributed by atoms with E-state index < -0.39 is 0 Å². The Hall–Kier alpha value is -2.04. The molecule has 1 aromatic carbocycles. The lowest BCUT2D eigenvalue weighted by molar-refractivity contribution is -0.140. The van der Waals surface area contributed by atoms with Gasteiger partial charge < -0.3 is 15.0 Å². The van der Waals surface area contributed by atoms with Crippen LogP contribution in [0.5, 0.6) is 5.75 Å². The first-order chi connectivity index (χ1) is 10.8. The van der Waals surface area contributed by atoms with Crippen LogP contribution in [0.2, 0.25) is 0 Å². The highest BCUT2D eigenvalue weighted by Crippen LogP contribution is 2.21. The Morgan fingerprint density at radius 1 is 1.22 bits per heavy atom. The summed E-state index contributed by atoms with van der Waals surface area (Å²) in [6, 6.07) is 7.23. The number of hydrogen-bond donors (Lipinski definition) is 1. The molecule has 2 amide bonds. The highest BCUT2D eigenvalue weighted by atomic mass is 16.5. The number of ether oxygens (including phenoxy) is 1. The summed E-state index contributed by atoms with van der Waals surface area (Å²) in [7, 11) is 1.58. The van der Waals surface area contributed by atoms with Crippen molar-refractivity contribution in [1.82, 2.24) is 10.2 Å². The van der Waals surface area contributed by atoms with Crippen molar-refractivity contribution in [2.45, 2.75) is 39.7 Å². The average Bonchev–Trinajstić information content (AvgIpc) is 2.54. The third-order valence-corrected chi connectivity index (χ3v) is 4.09. The van der Waals surface area contributed by atoms with Crippen molar-refractivity contribution in [1.29, 1.82) is 0 Å². The van der Waals surface area contributed by atoms with E-state index in [0.717, 1.165) is 12.8 Å². The molecule has 5 heteroatoms. The number of rotatable bonds is 3. The Morgan fingerprint density at radius 2 is 1.87 bits per heavy atom. The lowest BCUT2D eigenvalue weighted by atomic mass is 9.93. The second kappa shape index (κ2) is 7.02. The van der Waals surface area contributed by atoms with Gasteiger partial charge in [0.15, 0.2) is 0 Å². The van der Waals surface area contributed by atoms with Crippen LogP contribution in [-0.2, 0) is 4.79 Å². The van der Waals surface area contributed by atoms with Crippen LogP contribution < -0.4 is 10.1 Å². The molecule has 5 nitrogen and oxygen atoms in total. The monoisotopic (exact) mass is 318 g/mol. The molecule has 0 radical (unpaired) electrons. The maximum atomic E-state index is 12.3. The zero-order valence-corrected chi connectivity index (χ0v) is 14.4. The molecule has 1 saturated heterocycles. The van der Waals surface area contributed by atoms with Gasteiger partial charge in [0, 0.05) is 30.1 Å². The van der Waals surface area contributed by atoms with Gasteiger partial charge >= 0.3 is 0 Å². The fourth-order valence-corrected chi connectivity index (χ4v) is 2.73. The molecular formula is C18H26N2O3. The zero-order valence-electron chi connectivity index (χ0n) is 14.4. The summed E-state index contributed by atoms with van der Waals surface area (Å²) in [6.45, 7) is 7.20. The molecule has 2 rings (SSSR count). The Kier molecular flexibility index (Phi) is 5.29. The smallest absolute Gasteiger partial charge is 0.251 e. The van der Waals surface area contributed by atoms with Crippen molar-refractivity contribution < 1.29 is 14.3 Å². The molecule has 1 aliphatic heterocycles. The molecule has 1 aliphatic rings. The molecule has 0 atom stereocenters. The van der Waals surface area contributed by atoms with Gasteiger partial charge in [-0.15, -0.1) is 0 Å². The van der Waals surface area contributed by atoms with E-state index in [0.29, 0.717) is 24.4 Å². The van der Waals surface area contributed by atoms with Gasteiger partial charge in [0.2, 0.25) is 5.91 Å². The van der Waals surface area contributed by atoms with E-state index in [2.05, 4.69) is 5.32 Å². The number of amides is 2. The number of carbonyl (C=O) groups is 2. The summed E-state index contributed by atoms with van der Waals surface area (Å²) < 4.78 is 5.14. The highest BCUT2D eigenvalue weighted by molar-refractivity contribution is 5.94. The minimum absolute atomic E-state index is 0.0931. The van der Waals surface area contributed by atoms with Gasteiger partial charge in [0.05, 0.1) is 7.11 Å². The molecule has 1 aromatic rings. The molecule has 0 aromatic heterocycles. The summed E-state index contributed by atoms with van der Waals surface area (Å²) >= 11 is 0. The minimum Gasteiger partial charge on any atom is -0.497 e. The number of nitrogens with one attached hydrogen (secondary N) is 1. The van der Waals surface area contributed by atoms with Gasteiger partial charge in [-0.2, -0.15) is 0 Å². The van der Waals surface area contributed by atoms with E-state index in [1.54, 1.807) is 25.3 Å². The molecule has 0 saturated carbocycles. The third kappa shape index (κ3) is 4.47. The van der Waals surface area contributed by atoms with E-state index >= 15 is 0 Å². The van der Waals surface area contributed by atoms with Crippen molar-refractivity contribution in [3.63, 3.8) is 0 Å². The first kappa shape index (κ1) is 17.3. The van der Waals surface area contributed by atoms with Crippen molar-refractivity contribution in [3.05, 3.63) is 29.8 Å². The summed E-state index contributed by atoms with van der Waals surface area (Å²) in [6.07, 6.45) is 1.58. The van der Waals surface area contributed by atoms with Gasteiger partial charge in [0.1, 0.15) is 5.75 Å². The molecular weight excluding hydrogens is 292 g/mol. The Labute approximate surface area is 138 Å². The number of hydrogen-bond acceptors (Lipinski definition) is 3. The highest BCUT2D eigenvalue weighted by Gasteiger charge is 2.30.